The quantitative estimate of drug-likeness (QED) is 0.876. The number of piperidine rings is 1. The van der Waals surface area contributed by atoms with Crippen LogP contribution in [0.1, 0.15) is 31.7 Å². The van der Waals surface area contributed by atoms with Gasteiger partial charge in [-0.25, -0.2) is 0 Å². The molecule has 144 valence electrons. The summed E-state index contributed by atoms with van der Waals surface area (Å²) in [5.41, 5.74) is 8.66. The Morgan fingerprint density at radius 2 is 2.00 bits per heavy atom. The van der Waals surface area contributed by atoms with Crippen LogP contribution in [0.25, 0.3) is 0 Å². The Balaban J connectivity index is 1.41. The van der Waals surface area contributed by atoms with Crippen LogP contribution in [0, 0.1) is 12.8 Å². The lowest BCUT2D eigenvalue weighted by atomic mass is 9.92. The predicted octanol–water partition coefficient (Wildman–Crippen LogP) is 2.09. The van der Waals surface area contributed by atoms with E-state index in [0.717, 1.165) is 58.7 Å². The first kappa shape index (κ1) is 19.2. The normalized spacial score (nSPS) is 23.1. The summed E-state index contributed by atoms with van der Waals surface area (Å²) < 4.78 is 0. The molecular formula is C21H34N4O. The van der Waals surface area contributed by atoms with Crippen LogP contribution in [0.5, 0.6) is 0 Å². The van der Waals surface area contributed by atoms with Crippen LogP contribution < -0.4 is 10.6 Å². The molecule has 2 unspecified atom stereocenters. The average molecular weight is 359 g/mol. The van der Waals surface area contributed by atoms with Crippen LogP contribution in [0.2, 0.25) is 0 Å². The number of likely N-dealkylation sites (tertiary alicyclic amines) is 1. The topological polar surface area (TPSA) is 52.8 Å². The van der Waals surface area contributed by atoms with E-state index in [-0.39, 0.29) is 6.04 Å². The van der Waals surface area contributed by atoms with Gasteiger partial charge in [-0.3, -0.25) is 9.69 Å². The van der Waals surface area contributed by atoms with Crippen LogP contribution in [0.3, 0.4) is 0 Å². The van der Waals surface area contributed by atoms with Crippen molar-refractivity contribution in [1.82, 2.24) is 9.80 Å². The highest BCUT2D eigenvalue weighted by molar-refractivity contribution is 5.76. The lowest BCUT2D eigenvalue weighted by Crippen LogP contribution is -2.48. The van der Waals surface area contributed by atoms with Crippen molar-refractivity contribution < 1.29 is 4.79 Å². The van der Waals surface area contributed by atoms with Crippen LogP contribution in [-0.4, -0.2) is 67.6 Å². The Kier molecular flexibility index (Phi) is 6.54. The minimum absolute atomic E-state index is 0.181. The molecule has 3 rings (SSSR count). The maximum absolute atomic E-state index is 12.6. The zero-order valence-corrected chi connectivity index (χ0v) is 16.4. The molecule has 1 amide bonds. The van der Waals surface area contributed by atoms with Gasteiger partial charge in [-0.1, -0.05) is 12.1 Å². The Morgan fingerprint density at radius 3 is 2.69 bits per heavy atom. The van der Waals surface area contributed by atoms with E-state index in [2.05, 4.69) is 47.9 Å². The first-order valence-electron chi connectivity index (χ1n) is 10.1. The van der Waals surface area contributed by atoms with E-state index in [1.54, 1.807) is 0 Å². The van der Waals surface area contributed by atoms with Crippen molar-refractivity contribution in [1.29, 1.82) is 0 Å². The monoisotopic (exact) mass is 358 g/mol. The standard InChI is InChI=1S/C21H34N4O/c1-17-5-3-7-20(15-17)24-13-11-23(12-14-24)10-8-21(26)25-9-4-6-19(16-25)18(2)22/h3,5,7,15,18-19H,4,6,8-14,16,22H2,1-2H3. The molecule has 1 aromatic rings. The largest absolute Gasteiger partial charge is 0.369 e. The highest BCUT2D eigenvalue weighted by Gasteiger charge is 2.26. The fraction of sp³-hybridized carbons (Fsp3) is 0.667. The Labute approximate surface area is 158 Å². The van der Waals surface area contributed by atoms with Gasteiger partial charge in [0.2, 0.25) is 5.91 Å². The third-order valence-electron chi connectivity index (χ3n) is 5.94. The van der Waals surface area contributed by atoms with E-state index in [4.69, 9.17) is 5.73 Å². The number of piperazine rings is 1. The van der Waals surface area contributed by atoms with E-state index in [1.165, 1.54) is 11.3 Å². The number of benzene rings is 1. The van der Waals surface area contributed by atoms with E-state index in [1.807, 2.05) is 4.90 Å². The molecule has 2 heterocycles. The van der Waals surface area contributed by atoms with E-state index < -0.39 is 0 Å². The maximum Gasteiger partial charge on any atom is 0.223 e. The molecule has 0 aromatic heterocycles. The summed E-state index contributed by atoms with van der Waals surface area (Å²) >= 11 is 0. The fourth-order valence-corrected chi connectivity index (χ4v) is 4.13. The van der Waals surface area contributed by atoms with Gasteiger partial charge in [0.15, 0.2) is 0 Å². The van der Waals surface area contributed by atoms with Crippen LogP contribution in [-0.2, 0) is 4.79 Å². The number of nitrogens with zero attached hydrogens (tertiary/aromatic N) is 3. The average Bonchev–Trinajstić information content (AvgIpc) is 2.66. The highest BCUT2D eigenvalue weighted by Crippen LogP contribution is 2.20. The second kappa shape index (κ2) is 8.87. The number of carbonyl (C=O) groups excluding carboxylic acids is 1. The van der Waals surface area contributed by atoms with Crippen LogP contribution in [0.15, 0.2) is 24.3 Å². The molecule has 2 saturated heterocycles. The molecule has 0 radical (unpaired) electrons. The summed E-state index contributed by atoms with van der Waals surface area (Å²) in [6, 6.07) is 8.90. The summed E-state index contributed by atoms with van der Waals surface area (Å²) in [7, 11) is 0. The van der Waals surface area contributed by atoms with Gasteiger partial charge in [-0.15, -0.1) is 0 Å². The number of carbonyl (C=O) groups is 1. The first-order chi connectivity index (χ1) is 12.5. The third-order valence-corrected chi connectivity index (χ3v) is 5.94. The Morgan fingerprint density at radius 1 is 1.23 bits per heavy atom. The smallest absolute Gasteiger partial charge is 0.223 e. The lowest BCUT2D eigenvalue weighted by molar-refractivity contribution is -0.133. The van der Waals surface area contributed by atoms with Crippen molar-refractivity contribution in [2.24, 2.45) is 11.7 Å². The zero-order chi connectivity index (χ0) is 18.5. The summed E-state index contributed by atoms with van der Waals surface area (Å²) in [6.45, 7) is 11.0. The number of hydrogen-bond donors (Lipinski definition) is 1. The van der Waals surface area contributed by atoms with E-state index in [0.29, 0.717) is 18.2 Å². The maximum atomic E-state index is 12.6. The van der Waals surface area contributed by atoms with E-state index >= 15 is 0 Å². The molecule has 26 heavy (non-hydrogen) atoms. The summed E-state index contributed by atoms with van der Waals surface area (Å²) in [5.74, 6) is 0.766. The number of nitrogens with two attached hydrogens (primary N) is 1. The number of amides is 1. The molecule has 2 fully saturated rings. The number of hydrogen-bond acceptors (Lipinski definition) is 4. The molecule has 2 atom stereocenters. The van der Waals surface area contributed by atoms with Gasteiger partial charge in [-0.2, -0.15) is 0 Å². The molecule has 5 nitrogen and oxygen atoms in total. The van der Waals surface area contributed by atoms with Crippen molar-refractivity contribution in [2.45, 2.75) is 39.2 Å². The molecule has 5 heteroatoms. The van der Waals surface area contributed by atoms with Gasteiger partial charge >= 0.3 is 0 Å². The second-order valence-corrected chi connectivity index (χ2v) is 8.02. The molecule has 2 aliphatic rings. The van der Waals surface area contributed by atoms with Gasteiger partial charge in [0.25, 0.3) is 0 Å². The summed E-state index contributed by atoms with van der Waals surface area (Å²) in [5, 5.41) is 0. The van der Waals surface area contributed by atoms with Crippen molar-refractivity contribution in [2.75, 3.05) is 50.7 Å². The first-order valence-corrected chi connectivity index (χ1v) is 10.1. The zero-order valence-electron chi connectivity index (χ0n) is 16.4. The van der Waals surface area contributed by atoms with Crippen molar-refractivity contribution in [3.63, 3.8) is 0 Å². The molecule has 0 aliphatic carbocycles. The summed E-state index contributed by atoms with van der Waals surface area (Å²) in [6.07, 6.45) is 2.88. The van der Waals surface area contributed by atoms with Gasteiger partial charge in [0.1, 0.15) is 0 Å². The lowest BCUT2D eigenvalue weighted by Gasteiger charge is -2.37. The van der Waals surface area contributed by atoms with Crippen LogP contribution >= 0.6 is 0 Å². The van der Waals surface area contributed by atoms with Crippen molar-refractivity contribution >= 4 is 11.6 Å². The molecule has 0 bridgehead atoms. The molecule has 0 spiro atoms. The van der Waals surface area contributed by atoms with Gasteiger partial charge in [0, 0.05) is 64.0 Å². The second-order valence-electron chi connectivity index (χ2n) is 8.02. The third kappa shape index (κ3) is 4.98. The molecule has 2 N–H and O–H groups in total. The molecule has 0 saturated carbocycles. The highest BCUT2D eigenvalue weighted by atomic mass is 16.2. The number of rotatable bonds is 5. The Bertz CT molecular complexity index is 595. The van der Waals surface area contributed by atoms with E-state index in [9.17, 15) is 4.79 Å². The minimum atomic E-state index is 0.181. The van der Waals surface area contributed by atoms with Gasteiger partial charge < -0.3 is 15.5 Å². The van der Waals surface area contributed by atoms with Crippen molar-refractivity contribution in [3.8, 4) is 0 Å². The molecule has 2 aliphatic heterocycles. The SMILES string of the molecule is Cc1cccc(N2CCN(CCC(=O)N3CCCC(C(C)N)C3)CC2)c1. The Hall–Kier alpha value is -1.59. The fourth-order valence-electron chi connectivity index (χ4n) is 4.13. The van der Waals surface area contributed by atoms with Gasteiger partial charge in [0.05, 0.1) is 0 Å². The number of aryl methyl sites for hydroxylation is 1. The minimum Gasteiger partial charge on any atom is -0.369 e. The van der Waals surface area contributed by atoms with Gasteiger partial charge in [-0.05, 0) is 50.3 Å². The predicted molar refractivity (Wildman–Crippen MR) is 107 cm³/mol. The molecule has 1 aromatic carbocycles. The molecular weight excluding hydrogens is 324 g/mol. The van der Waals surface area contributed by atoms with Crippen molar-refractivity contribution in [3.05, 3.63) is 29.8 Å². The number of anilines is 1. The van der Waals surface area contributed by atoms with Crippen LogP contribution in [0.4, 0.5) is 5.69 Å². The summed E-state index contributed by atoms with van der Waals surface area (Å²) in [4.78, 5) is 19.5.